The molecule has 1 aromatic carbocycles. The van der Waals surface area contributed by atoms with E-state index in [4.69, 9.17) is 4.74 Å². The van der Waals surface area contributed by atoms with E-state index in [1.165, 1.54) is 31.2 Å². The highest BCUT2D eigenvalue weighted by Gasteiger charge is 2.18. The number of ether oxygens (including phenoxy) is 1. The number of esters is 1. The molecule has 0 spiro atoms. The molecule has 1 saturated carbocycles. The molecule has 1 N–H and O–H groups in total. The molecule has 0 radical (unpaired) electrons. The second kappa shape index (κ2) is 7.84. The third kappa shape index (κ3) is 4.18. The minimum atomic E-state index is -0.103. The second-order valence-corrected chi connectivity index (χ2v) is 7.21. The van der Waals surface area contributed by atoms with Gasteiger partial charge in [-0.2, -0.15) is 0 Å². The minimum absolute atomic E-state index is 0.103. The maximum absolute atomic E-state index is 12.3. The van der Waals surface area contributed by atoms with Gasteiger partial charge in [0, 0.05) is 30.1 Å². The Hall–Kier alpha value is -1.81. The van der Waals surface area contributed by atoms with Crippen molar-refractivity contribution in [1.29, 1.82) is 0 Å². The summed E-state index contributed by atoms with van der Waals surface area (Å²) in [6.45, 7) is 0.969. The first-order valence-electron chi connectivity index (χ1n) is 9.08. The van der Waals surface area contributed by atoms with Crippen LogP contribution < -0.4 is 4.74 Å². The first-order chi connectivity index (χ1) is 11.6. The standard InChI is InChI=1S/C20H28N2O2/c1-22(2)13-12-16-14-21-17-8-5-9-18(20(16)17)24-19(23)11-10-15-6-3-4-7-15/h5,8-9,14-15,21H,3-4,6-7,10-13H2,1-2H3. The van der Waals surface area contributed by atoms with Gasteiger partial charge in [-0.1, -0.05) is 31.7 Å². The Morgan fingerprint density at radius 1 is 1.29 bits per heavy atom. The maximum Gasteiger partial charge on any atom is 0.311 e. The fourth-order valence-corrected chi connectivity index (χ4v) is 3.64. The SMILES string of the molecule is CN(C)CCc1c[nH]c2cccc(OC(=O)CCC3CCCC3)c12. The van der Waals surface area contributed by atoms with Crippen LogP contribution in [0.4, 0.5) is 0 Å². The molecule has 4 nitrogen and oxygen atoms in total. The topological polar surface area (TPSA) is 45.3 Å². The van der Waals surface area contributed by atoms with Gasteiger partial charge in [-0.15, -0.1) is 0 Å². The highest BCUT2D eigenvalue weighted by Crippen LogP contribution is 2.31. The molecule has 2 aromatic rings. The first-order valence-corrected chi connectivity index (χ1v) is 9.08. The monoisotopic (exact) mass is 328 g/mol. The van der Waals surface area contributed by atoms with Gasteiger partial charge in [0.15, 0.2) is 0 Å². The summed E-state index contributed by atoms with van der Waals surface area (Å²) < 4.78 is 5.72. The highest BCUT2D eigenvalue weighted by molar-refractivity contribution is 5.91. The maximum atomic E-state index is 12.3. The van der Waals surface area contributed by atoms with Crippen molar-refractivity contribution in [3.63, 3.8) is 0 Å². The van der Waals surface area contributed by atoms with Crippen molar-refractivity contribution in [2.75, 3.05) is 20.6 Å². The van der Waals surface area contributed by atoms with Gasteiger partial charge in [-0.3, -0.25) is 4.79 Å². The Morgan fingerprint density at radius 2 is 2.08 bits per heavy atom. The van der Waals surface area contributed by atoms with E-state index in [1.807, 2.05) is 24.4 Å². The molecule has 1 aromatic heterocycles. The number of nitrogens with zero attached hydrogens (tertiary/aromatic N) is 1. The molecule has 130 valence electrons. The summed E-state index contributed by atoms with van der Waals surface area (Å²) in [5, 5.41) is 1.05. The number of aromatic nitrogens is 1. The molecule has 0 aliphatic heterocycles. The number of aromatic amines is 1. The number of nitrogens with one attached hydrogen (secondary N) is 1. The number of likely N-dealkylation sites (N-methyl/N-ethyl adjacent to an activating group) is 1. The van der Waals surface area contributed by atoms with Crippen LogP contribution in [0.5, 0.6) is 5.75 Å². The first kappa shape index (κ1) is 17.0. The van der Waals surface area contributed by atoms with Gasteiger partial charge in [0.05, 0.1) is 0 Å². The predicted octanol–water partition coefficient (Wildman–Crippen LogP) is 4.15. The molecule has 0 saturated heterocycles. The molecule has 3 rings (SSSR count). The number of rotatable bonds is 7. The number of H-pyrrole nitrogens is 1. The Labute approximate surface area is 144 Å². The van der Waals surface area contributed by atoms with Gasteiger partial charge in [-0.25, -0.2) is 0 Å². The summed E-state index contributed by atoms with van der Waals surface area (Å²) in [4.78, 5) is 17.7. The van der Waals surface area contributed by atoms with Crippen LogP contribution in [0.1, 0.15) is 44.1 Å². The molecular weight excluding hydrogens is 300 g/mol. The van der Waals surface area contributed by atoms with Crippen molar-refractivity contribution < 1.29 is 9.53 Å². The fourth-order valence-electron chi connectivity index (χ4n) is 3.64. The van der Waals surface area contributed by atoms with Gasteiger partial charge in [0.25, 0.3) is 0 Å². The molecule has 0 bridgehead atoms. The normalized spacial score (nSPS) is 15.5. The highest BCUT2D eigenvalue weighted by atomic mass is 16.5. The van der Waals surface area contributed by atoms with Gasteiger partial charge in [-0.05, 0) is 50.6 Å². The molecule has 1 heterocycles. The Bertz CT molecular complexity index is 684. The molecule has 0 unspecified atom stereocenters. The molecule has 4 heteroatoms. The van der Waals surface area contributed by atoms with Crippen molar-refractivity contribution in [2.45, 2.75) is 44.9 Å². The predicted molar refractivity (Wildman–Crippen MR) is 97.4 cm³/mol. The summed E-state index contributed by atoms with van der Waals surface area (Å²) in [7, 11) is 4.14. The number of hydrogen-bond donors (Lipinski definition) is 1. The number of fused-ring (bicyclic) bond motifs is 1. The van der Waals surface area contributed by atoms with Crippen molar-refractivity contribution in [2.24, 2.45) is 5.92 Å². The van der Waals surface area contributed by atoms with E-state index >= 15 is 0 Å². The summed E-state index contributed by atoms with van der Waals surface area (Å²) in [5.74, 6) is 1.31. The number of carbonyl (C=O) groups is 1. The fraction of sp³-hybridized carbons (Fsp3) is 0.550. The van der Waals surface area contributed by atoms with E-state index in [0.717, 1.165) is 36.2 Å². The zero-order valence-electron chi connectivity index (χ0n) is 14.8. The van der Waals surface area contributed by atoms with E-state index in [0.29, 0.717) is 12.2 Å². The number of benzene rings is 1. The van der Waals surface area contributed by atoms with Crippen LogP contribution in [0.3, 0.4) is 0 Å². The number of hydrogen-bond acceptors (Lipinski definition) is 3. The summed E-state index contributed by atoms with van der Waals surface area (Å²) >= 11 is 0. The average Bonchev–Trinajstić information content (AvgIpc) is 3.21. The molecule has 24 heavy (non-hydrogen) atoms. The second-order valence-electron chi connectivity index (χ2n) is 7.21. The van der Waals surface area contributed by atoms with Crippen LogP contribution >= 0.6 is 0 Å². The van der Waals surface area contributed by atoms with E-state index in [1.54, 1.807) is 0 Å². The van der Waals surface area contributed by atoms with E-state index in [2.05, 4.69) is 24.0 Å². The van der Waals surface area contributed by atoms with Crippen molar-refractivity contribution in [3.05, 3.63) is 30.0 Å². The average molecular weight is 328 g/mol. The third-order valence-electron chi connectivity index (χ3n) is 5.03. The van der Waals surface area contributed by atoms with Crippen LogP contribution in [-0.4, -0.2) is 36.5 Å². The molecule has 0 amide bonds. The lowest BCUT2D eigenvalue weighted by Gasteiger charge is -2.11. The molecule has 1 aliphatic rings. The van der Waals surface area contributed by atoms with Crippen LogP contribution in [0.2, 0.25) is 0 Å². The Balaban J connectivity index is 1.68. The lowest BCUT2D eigenvalue weighted by Crippen LogP contribution is -2.15. The van der Waals surface area contributed by atoms with Crippen molar-refractivity contribution in [1.82, 2.24) is 9.88 Å². The van der Waals surface area contributed by atoms with E-state index in [9.17, 15) is 4.79 Å². The van der Waals surface area contributed by atoms with Crippen molar-refractivity contribution >= 4 is 16.9 Å². The van der Waals surface area contributed by atoms with Crippen molar-refractivity contribution in [3.8, 4) is 5.75 Å². The number of carbonyl (C=O) groups excluding carboxylic acids is 1. The summed E-state index contributed by atoms with van der Waals surface area (Å²) in [6, 6.07) is 5.88. The molecule has 1 fully saturated rings. The van der Waals surface area contributed by atoms with E-state index < -0.39 is 0 Å². The Kier molecular flexibility index (Phi) is 5.56. The molecule has 1 aliphatic carbocycles. The van der Waals surface area contributed by atoms with Gasteiger partial charge in [0.1, 0.15) is 5.75 Å². The van der Waals surface area contributed by atoms with Gasteiger partial charge in [0.2, 0.25) is 0 Å². The van der Waals surface area contributed by atoms with Crippen LogP contribution in [0.15, 0.2) is 24.4 Å². The lowest BCUT2D eigenvalue weighted by atomic mass is 10.0. The lowest BCUT2D eigenvalue weighted by molar-refractivity contribution is -0.134. The zero-order valence-corrected chi connectivity index (χ0v) is 14.8. The Morgan fingerprint density at radius 3 is 2.83 bits per heavy atom. The van der Waals surface area contributed by atoms with Crippen LogP contribution in [-0.2, 0) is 11.2 Å². The molecular formula is C20H28N2O2. The van der Waals surface area contributed by atoms with Crippen LogP contribution in [0.25, 0.3) is 10.9 Å². The van der Waals surface area contributed by atoms with Crippen LogP contribution in [0, 0.1) is 5.92 Å². The molecule has 0 atom stereocenters. The zero-order chi connectivity index (χ0) is 16.9. The van der Waals surface area contributed by atoms with E-state index in [-0.39, 0.29) is 5.97 Å². The minimum Gasteiger partial charge on any atom is -0.426 e. The largest absolute Gasteiger partial charge is 0.426 e. The van der Waals surface area contributed by atoms with Gasteiger partial charge < -0.3 is 14.6 Å². The summed E-state index contributed by atoms with van der Waals surface area (Å²) in [6.07, 6.45) is 9.64. The quantitative estimate of drug-likeness (QED) is 0.613. The third-order valence-corrected chi connectivity index (χ3v) is 5.03. The van der Waals surface area contributed by atoms with Gasteiger partial charge >= 0.3 is 5.97 Å². The smallest absolute Gasteiger partial charge is 0.311 e. The summed E-state index contributed by atoms with van der Waals surface area (Å²) in [5.41, 5.74) is 2.24.